The number of nitrogens with zero attached hydrogens (tertiary/aromatic N) is 3. The summed E-state index contributed by atoms with van der Waals surface area (Å²) in [5.74, 6) is -1.53. The van der Waals surface area contributed by atoms with Gasteiger partial charge in [0.1, 0.15) is 5.69 Å². The number of rotatable bonds is 4. The molecule has 2 aromatic rings. The molecule has 0 aromatic carbocycles. The van der Waals surface area contributed by atoms with Crippen molar-refractivity contribution in [3.8, 4) is 0 Å². The first-order valence-corrected chi connectivity index (χ1v) is 6.31. The van der Waals surface area contributed by atoms with Crippen LogP contribution in [0.15, 0.2) is 11.6 Å². The molecule has 8 heteroatoms. The Kier molecular flexibility index (Phi) is 3.61. The molecule has 1 amide bonds. The van der Waals surface area contributed by atoms with Gasteiger partial charge in [-0.05, 0) is 6.92 Å². The Morgan fingerprint density at radius 1 is 1.53 bits per heavy atom. The fourth-order valence-corrected chi connectivity index (χ4v) is 2.20. The lowest BCUT2D eigenvalue weighted by Gasteiger charge is -2.01. The van der Waals surface area contributed by atoms with Gasteiger partial charge in [-0.25, -0.2) is 9.78 Å². The third kappa shape index (κ3) is 2.97. The van der Waals surface area contributed by atoms with Crippen molar-refractivity contribution in [2.45, 2.75) is 13.5 Å². The summed E-state index contributed by atoms with van der Waals surface area (Å²) >= 11 is 0.927. The fourth-order valence-electron chi connectivity index (χ4n) is 1.56. The van der Waals surface area contributed by atoms with Gasteiger partial charge in [0.15, 0.2) is 0 Å². The highest BCUT2D eigenvalue weighted by Gasteiger charge is 2.14. The lowest BCUT2D eigenvalue weighted by Crippen LogP contribution is -2.23. The predicted octanol–water partition coefficient (Wildman–Crippen LogP) is 0.813. The highest BCUT2D eigenvalue weighted by molar-refractivity contribution is 7.11. The molecule has 0 aliphatic rings. The number of aromatic carboxylic acids is 1. The van der Waals surface area contributed by atoms with E-state index in [9.17, 15) is 9.59 Å². The molecule has 0 radical (unpaired) electrons. The van der Waals surface area contributed by atoms with Gasteiger partial charge in [0.05, 0.1) is 5.69 Å². The van der Waals surface area contributed by atoms with Crippen molar-refractivity contribution >= 4 is 23.2 Å². The van der Waals surface area contributed by atoms with E-state index in [2.05, 4.69) is 15.4 Å². The zero-order valence-corrected chi connectivity index (χ0v) is 11.2. The topological polar surface area (TPSA) is 97.1 Å². The zero-order chi connectivity index (χ0) is 14.0. The van der Waals surface area contributed by atoms with Crippen molar-refractivity contribution < 1.29 is 14.7 Å². The van der Waals surface area contributed by atoms with Crippen LogP contribution >= 0.6 is 11.3 Å². The first kappa shape index (κ1) is 13.2. The van der Waals surface area contributed by atoms with Crippen molar-refractivity contribution in [2.75, 3.05) is 0 Å². The molecule has 0 atom stereocenters. The number of thiazole rings is 1. The summed E-state index contributed by atoms with van der Waals surface area (Å²) < 4.78 is 1.67. The third-order valence-electron chi connectivity index (χ3n) is 2.47. The first-order chi connectivity index (χ1) is 8.97. The molecule has 0 saturated heterocycles. The quantitative estimate of drug-likeness (QED) is 0.864. The van der Waals surface area contributed by atoms with E-state index in [1.165, 1.54) is 5.38 Å². The molecule has 7 nitrogen and oxygen atoms in total. The number of aryl methyl sites for hydroxylation is 2. The minimum absolute atomic E-state index is 0.0947. The van der Waals surface area contributed by atoms with Gasteiger partial charge in [-0.15, -0.1) is 11.3 Å². The molecule has 0 unspecified atom stereocenters. The largest absolute Gasteiger partial charge is 0.476 e. The van der Waals surface area contributed by atoms with Gasteiger partial charge in [0.2, 0.25) is 5.01 Å². The van der Waals surface area contributed by atoms with Crippen LogP contribution < -0.4 is 5.32 Å². The Morgan fingerprint density at radius 2 is 2.26 bits per heavy atom. The summed E-state index contributed by atoms with van der Waals surface area (Å²) in [5.41, 5.74) is 1.86. The Hall–Kier alpha value is -2.22. The standard InChI is InChI=1S/C11H12N4O3S/c1-6-7(4-15(2)14-6)3-12-9(16)8-5-19-10(13-8)11(17)18/h4-5H,3H2,1-2H3,(H,12,16)(H,17,18). The maximum Gasteiger partial charge on any atom is 0.365 e. The minimum atomic E-state index is -1.13. The highest BCUT2D eigenvalue weighted by Crippen LogP contribution is 2.10. The van der Waals surface area contributed by atoms with E-state index in [0.29, 0.717) is 6.54 Å². The number of carboxylic acids is 1. The van der Waals surface area contributed by atoms with Gasteiger partial charge in [-0.1, -0.05) is 0 Å². The van der Waals surface area contributed by atoms with Crippen molar-refractivity contribution in [3.05, 3.63) is 33.5 Å². The molecular weight excluding hydrogens is 268 g/mol. The molecule has 2 rings (SSSR count). The Balaban J connectivity index is 2.01. The van der Waals surface area contributed by atoms with E-state index in [-0.39, 0.29) is 10.7 Å². The molecule has 0 bridgehead atoms. The SMILES string of the molecule is Cc1nn(C)cc1CNC(=O)c1csc(C(=O)O)n1. The maximum absolute atomic E-state index is 11.8. The molecule has 19 heavy (non-hydrogen) atoms. The van der Waals surface area contributed by atoms with Gasteiger partial charge in [-0.3, -0.25) is 9.48 Å². The molecule has 2 N–H and O–H groups in total. The Labute approximate surface area is 112 Å². The van der Waals surface area contributed by atoms with E-state index in [1.54, 1.807) is 11.7 Å². The van der Waals surface area contributed by atoms with Gasteiger partial charge >= 0.3 is 5.97 Å². The summed E-state index contributed by atoms with van der Waals surface area (Å²) in [4.78, 5) is 26.2. The van der Waals surface area contributed by atoms with Crippen LogP contribution in [0, 0.1) is 6.92 Å². The number of aromatic nitrogens is 3. The second-order valence-electron chi connectivity index (χ2n) is 3.94. The van der Waals surface area contributed by atoms with E-state index >= 15 is 0 Å². The number of hydrogen-bond donors (Lipinski definition) is 2. The zero-order valence-electron chi connectivity index (χ0n) is 10.4. The Morgan fingerprint density at radius 3 is 2.79 bits per heavy atom. The number of amides is 1. The van der Waals surface area contributed by atoms with Crippen LogP contribution in [-0.2, 0) is 13.6 Å². The molecule has 100 valence electrons. The van der Waals surface area contributed by atoms with Crippen LogP contribution in [0.25, 0.3) is 0 Å². The van der Waals surface area contributed by atoms with Crippen LogP contribution in [0.3, 0.4) is 0 Å². The third-order valence-corrected chi connectivity index (χ3v) is 3.30. The first-order valence-electron chi connectivity index (χ1n) is 5.43. The van der Waals surface area contributed by atoms with E-state index in [4.69, 9.17) is 5.11 Å². The number of carbonyl (C=O) groups is 2. The van der Waals surface area contributed by atoms with Crippen LogP contribution in [0.5, 0.6) is 0 Å². The monoisotopic (exact) mass is 280 g/mol. The molecule has 2 aromatic heterocycles. The Bertz CT molecular complexity index is 632. The molecule has 0 spiro atoms. The minimum Gasteiger partial charge on any atom is -0.476 e. The second-order valence-corrected chi connectivity index (χ2v) is 4.80. The number of carbonyl (C=O) groups excluding carboxylic acids is 1. The second kappa shape index (κ2) is 5.19. The molecule has 2 heterocycles. The van der Waals surface area contributed by atoms with Crippen LogP contribution in [0.2, 0.25) is 0 Å². The van der Waals surface area contributed by atoms with Gasteiger partial charge in [-0.2, -0.15) is 5.10 Å². The van der Waals surface area contributed by atoms with Gasteiger partial charge in [0.25, 0.3) is 5.91 Å². The van der Waals surface area contributed by atoms with E-state index in [1.807, 2.05) is 13.1 Å². The molecule has 0 aliphatic heterocycles. The van der Waals surface area contributed by atoms with Crippen molar-refractivity contribution in [2.24, 2.45) is 7.05 Å². The summed E-state index contributed by atoms with van der Waals surface area (Å²) in [6, 6.07) is 0. The van der Waals surface area contributed by atoms with Crippen molar-refractivity contribution in [3.63, 3.8) is 0 Å². The number of nitrogens with one attached hydrogen (secondary N) is 1. The average molecular weight is 280 g/mol. The predicted molar refractivity (Wildman–Crippen MR) is 68.2 cm³/mol. The summed E-state index contributed by atoms with van der Waals surface area (Å²) in [7, 11) is 1.80. The lowest BCUT2D eigenvalue weighted by molar-refractivity contribution is 0.0696. The van der Waals surface area contributed by atoms with E-state index in [0.717, 1.165) is 22.6 Å². The smallest absolute Gasteiger partial charge is 0.365 e. The highest BCUT2D eigenvalue weighted by atomic mass is 32.1. The lowest BCUT2D eigenvalue weighted by atomic mass is 10.2. The van der Waals surface area contributed by atoms with Crippen LogP contribution in [0.4, 0.5) is 0 Å². The normalized spacial score (nSPS) is 10.4. The van der Waals surface area contributed by atoms with E-state index < -0.39 is 11.9 Å². The summed E-state index contributed by atoms with van der Waals surface area (Å²) in [6.45, 7) is 2.19. The molecule has 0 saturated carbocycles. The average Bonchev–Trinajstić information content (AvgIpc) is 2.93. The number of carboxylic acid groups (broad SMARTS) is 1. The molecule has 0 fully saturated rings. The summed E-state index contributed by atoms with van der Waals surface area (Å²) in [5, 5.41) is 16.9. The van der Waals surface area contributed by atoms with Crippen molar-refractivity contribution in [1.29, 1.82) is 0 Å². The summed E-state index contributed by atoms with van der Waals surface area (Å²) in [6.07, 6.45) is 1.82. The maximum atomic E-state index is 11.8. The van der Waals surface area contributed by atoms with Gasteiger partial charge < -0.3 is 10.4 Å². The van der Waals surface area contributed by atoms with Crippen LogP contribution in [-0.4, -0.2) is 31.7 Å². The fraction of sp³-hybridized carbons (Fsp3) is 0.273. The van der Waals surface area contributed by atoms with Crippen molar-refractivity contribution in [1.82, 2.24) is 20.1 Å². The molecule has 0 aliphatic carbocycles. The van der Waals surface area contributed by atoms with Crippen LogP contribution in [0.1, 0.15) is 31.5 Å². The number of hydrogen-bond acceptors (Lipinski definition) is 5. The molecular formula is C11H12N4O3S. The van der Waals surface area contributed by atoms with Gasteiger partial charge in [0, 0.05) is 30.7 Å².